The Morgan fingerprint density at radius 3 is 2.53 bits per heavy atom. The quantitative estimate of drug-likeness (QED) is 0.267. The second-order valence-corrected chi connectivity index (χ2v) is 9.05. The van der Waals surface area contributed by atoms with Crippen LogP contribution in [0.15, 0.2) is 36.4 Å². The van der Waals surface area contributed by atoms with E-state index in [4.69, 9.17) is 0 Å². The molecular weight excluding hydrogens is 400 g/mol. The summed E-state index contributed by atoms with van der Waals surface area (Å²) in [5.41, 5.74) is 3.13. The van der Waals surface area contributed by atoms with Crippen LogP contribution in [0.25, 0.3) is 0 Å². The molecule has 5 heteroatoms. The van der Waals surface area contributed by atoms with Crippen LogP contribution in [0.4, 0.5) is 0 Å². The molecule has 4 N–H and O–H groups in total. The number of para-hydroxylation sites is 1. The van der Waals surface area contributed by atoms with Crippen LogP contribution in [0.3, 0.4) is 0 Å². The van der Waals surface area contributed by atoms with Crippen molar-refractivity contribution in [1.29, 1.82) is 0 Å². The van der Waals surface area contributed by atoms with Gasteiger partial charge in [-0.15, -0.1) is 0 Å². The van der Waals surface area contributed by atoms with Gasteiger partial charge in [-0.05, 0) is 94.4 Å². The van der Waals surface area contributed by atoms with Gasteiger partial charge in [0.1, 0.15) is 5.75 Å². The first-order chi connectivity index (χ1) is 15.6. The first kappa shape index (κ1) is 24.4. The van der Waals surface area contributed by atoms with Crippen molar-refractivity contribution >= 4 is 0 Å². The minimum absolute atomic E-state index is 0.000293. The van der Waals surface area contributed by atoms with Crippen molar-refractivity contribution in [1.82, 2.24) is 10.2 Å². The third-order valence-corrected chi connectivity index (χ3v) is 6.68. The second kappa shape index (κ2) is 12.7. The number of phenols is 3. The highest BCUT2D eigenvalue weighted by molar-refractivity contribution is 5.50. The molecule has 1 aliphatic carbocycles. The maximum absolute atomic E-state index is 10.1. The van der Waals surface area contributed by atoms with Gasteiger partial charge in [-0.3, -0.25) is 0 Å². The predicted molar refractivity (Wildman–Crippen MR) is 131 cm³/mol. The van der Waals surface area contributed by atoms with E-state index in [-0.39, 0.29) is 11.5 Å². The summed E-state index contributed by atoms with van der Waals surface area (Å²) in [6, 6.07) is 11.7. The Bertz CT molecular complexity index is 840. The van der Waals surface area contributed by atoms with E-state index in [1.165, 1.54) is 31.2 Å². The summed E-state index contributed by atoms with van der Waals surface area (Å²) in [6.45, 7) is 6.44. The van der Waals surface area contributed by atoms with E-state index in [1.807, 2.05) is 24.3 Å². The Morgan fingerprint density at radius 2 is 1.72 bits per heavy atom. The van der Waals surface area contributed by atoms with Gasteiger partial charge in [-0.2, -0.15) is 0 Å². The highest BCUT2D eigenvalue weighted by atomic mass is 16.3. The van der Waals surface area contributed by atoms with Gasteiger partial charge in [-0.25, -0.2) is 0 Å². The molecular formula is C27H40N2O3. The largest absolute Gasteiger partial charge is 0.508 e. The summed E-state index contributed by atoms with van der Waals surface area (Å²) >= 11 is 0. The number of aromatic hydroxyl groups is 3. The monoisotopic (exact) mass is 440 g/mol. The zero-order valence-electron chi connectivity index (χ0n) is 19.5. The number of phenolic OH excluding ortho intramolecular Hbond substituents is 3. The maximum atomic E-state index is 10.1. The van der Waals surface area contributed by atoms with Crippen molar-refractivity contribution in [2.75, 3.05) is 26.2 Å². The minimum atomic E-state index is 0.000293. The summed E-state index contributed by atoms with van der Waals surface area (Å²) in [7, 11) is 0. The normalized spacial score (nSPS) is 15.8. The van der Waals surface area contributed by atoms with Crippen LogP contribution in [0, 0.1) is 0 Å². The summed E-state index contributed by atoms with van der Waals surface area (Å²) in [4.78, 5) is 2.64. The molecule has 0 aromatic heterocycles. The Kier molecular flexibility index (Phi) is 9.69. The molecule has 2 aromatic carbocycles. The predicted octanol–water partition coefficient (Wildman–Crippen LogP) is 4.77. The fourth-order valence-electron chi connectivity index (χ4n) is 4.87. The maximum Gasteiger partial charge on any atom is 0.160 e. The van der Waals surface area contributed by atoms with Crippen molar-refractivity contribution in [2.24, 2.45) is 0 Å². The Hall–Kier alpha value is -2.24. The van der Waals surface area contributed by atoms with E-state index < -0.39 is 0 Å². The molecule has 2 aromatic rings. The average Bonchev–Trinajstić information content (AvgIpc) is 2.80. The van der Waals surface area contributed by atoms with Gasteiger partial charge in [0.15, 0.2) is 11.5 Å². The third-order valence-electron chi connectivity index (χ3n) is 6.68. The zero-order valence-corrected chi connectivity index (χ0v) is 19.5. The fraction of sp³-hybridized carbons (Fsp3) is 0.556. The van der Waals surface area contributed by atoms with Crippen molar-refractivity contribution in [3.05, 3.63) is 53.1 Å². The summed E-state index contributed by atoms with van der Waals surface area (Å²) in [5.74, 6) is 0.472. The number of nitrogens with zero attached hydrogens (tertiary/aromatic N) is 1. The lowest BCUT2D eigenvalue weighted by Gasteiger charge is -2.35. The van der Waals surface area contributed by atoms with Crippen molar-refractivity contribution in [3.8, 4) is 17.2 Å². The molecule has 0 saturated carbocycles. The van der Waals surface area contributed by atoms with Gasteiger partial charge in [0.05, 0.1) is 0 Å². The number of unbranched alkanes of at least 4 members (excludes halogenated alkanes) is 3. The van der Waals surface area contributed by atoms with Gasteiger partial charge in [0, 0.05) is 11.6 Å². The standard InChI is InChI=1S/C27H40N2O3/c1-2-18-29(23-12-13-24-22(20-23)11-14-26(31)27(24)32)19-8-4-3-7-16-28-17-15-21-9-5-6-10-25(21)30/h5-6,9-11,14,23,28,30-32H,2-4,7-8,12-13,15-20H2,1H3/t23-/m0/s1. The number of nitrogens with one attached hydrogen (secondary N) is 1. The number of rotatable bonds is 13. The molecule has 0 aliphatic heterocycles. The third kappa shape index (κ3) is 6.88. The van der Waals surface area contributed by atoms with Crippen LogP contribution in [-0.4, -0.2) is 52.4 Å². The molecule has 0 amide bonds. The van der Waals surface area contributed by atoms with Gasteiger partial charge in [0.25, 0.3) is 0 Å². The lowest BCUT2D eigenvalue weighted by Crippen LogP contribution is -2.40. The van der Waals surface area contributed by atoms with E-state index in [2.05, 4.69) is 17.1 Å². The van der Waals surface area contributed by atoms with Gasteiger partial charge < -0.3 is 25.5 Å². The first-order valence-electron chi connectivity index (χ1n) is 12.3. The van der Waals surface area contributed by atoms with Crippen LogP contribution < -0.4 is 5.32 Å². The fourth-order valence-corrected chi connectivity index (χ4v) is 4.87. The van der Waals surface area contributed by atoms with Crippen molar-refractivity contribution in [2.45, 2.75) is 70.8 Å². The molecule has 5 nitrogen and oxygen atoms in total. The number of benzene rings is 2. The molecule has 3 rings (SSSR count). The van der Waals surface area contributed by atoms with E-state index in [0.717, 1.165) is 69.4 Å². The van der Waals surface area contributed by atoms with Crippen LogP contribution in [-0.2, 0) is 19.3 Å². The molecule has 0 fully saturated rings. The van der Waals surface area contributed by atoms with Gasteiger partial charge in [0.2, 0.25) is 0 Å². The van der Waals surface area contributed by atoms with Crippen molar-refractivity contribution in [3.63, 3.8) is 0 Å². The highest BCUT2D eigenvalue weighted by Crippen LogP contribution is 2.36. The molecule has 0 heterocycles. The van der Waals surface area contributed by atoms with Crippen LogP contribution in [0.5, 0.6) is 17.2 Å². The summed E-state index contributed by atoms with van der Waals surface area (Å²) in [6.07, 6.45) is 9.77. The minimum Gasteiger partial charge on any atom is -0.508 e. The number of hydrogen-bond acceptors (Lipinski definition) is 5. The molecule has 0 bridgehead atoms. The number of hydrogen-bond donors (Lipinski definition) is 4. The van der Waals surface area contributed by atoms with Gasteiger partial charge >= 0.3 is 0 Å². The van der Waals surface area contributed by atoms with Crippen LogP contribution >= 0.6 is 0 Å². The van der Waals surface area contributed by atoms with E-state index in [0.29, 0.717) is 11.8 Å². The number of fused-ring (bicyclic) bond motifs is 1. The molecule has 32 heavy (non-hydrogen) atoms. The topological polar surface area (TPSA) is 76.0 Å². The summed E-state index contributed by atoms with van der Waals surface area (Å²) < 4.78 is 0. The second-order valence-electron chi connectivity index (χ2n) is 9.05. The molecule has 176 valence electrons. The lowest BCUT2D eigenvalue weighted by molar-refractivity contribution is 0.175. The van der Waals surface area contributed by atoms with Crippen molar-refractivity contribution < 1.29 is 15.3 Å². The van der Waals surface area contributed by atoms with E-state index in [1.54, 1.807) is 12.1 Å². The Labute approximate surface area is 193 Å². The Balaban J connectivity index is 1.31. The van der Waals surface area contributed by atoms with Crippen LogP contribution in [0.1, 0.15) is 62.1 Å². The van der Waals surface area contributed by atoms with Crippen LogP contribution in [0.2, 0.25) is 0 Å². The van der Waals surface area contributed by atoms with E-state index >= 15 is 0 Å². The molecule has 0 spiro atoms. The van der Waals surface area contributed by atoms with Gasteiger partial charge in [-0.1, -0.05) is 44.0 Å². The zero-order chi connectivity index (χ0) is 22.8. The molecule has 0 saturated heterocycles. The highest BCUT2D eigenvalue weighted by Gasteiger charge is 2.26. The Morgan fingerprint density at radius 1 is 0.906 bits per heavy atom. The average molecular weight is 441 g/mol. The summed E-state index contributed by atoms with van der Waals surface area (Å²) in [5, 5.41) is 33.2. The molecule has 1 atom stereocenters. The molecule has 0 unspecified atom stereocenters. The SMILES string of the molecule is CCCN(CCCCCCNCCc1ccccc1O)[C@H]1CCc2c(ccc(O)c2O)C1. The molecule has 1 aliphatic rings. The van der Waals surface area contributed by atoms with E-state index in [9.17, 15) is 15.3 Å². The first-order valence-corrected chi connectivity index (χ1v) is 12.3. The molecule has 0 radical (unpaired) electrons. The smallest absolute Gasteiger partial charge is 0.160 e. The lowest BCUT2D eigenvalue weighted by atomic mass is 9.86.